The van der Waals surface area contributed by atoms with Crippen molar-refractivity contribution in [3.05, 3.63) is 101 Å². The first-order chi connectivity index (χ1) is 14.9. The Morgan fingerprint density at radius 1 is 0.806 bits per heavy atom. The molecule has 154 valence electrons. The number of halogens is 1. The van der Waals surface area contributed by atoms with Crippen LogP contribution >= 0.6 is 0 Å². The summed E-state index contributed by atoms with van der Waals surface area (Å²) in [7, 11) is 0. The molecule has 3 aromatic carbocycles. The van der Waals surface area contributed by atoms with E-state index in [1.165, 1.54) is 12.1 Å². The van der Waals surface area contributed by atoms with Crippen LogP contribution in [0.3, 0.4) is 0 Å². The van der Waals surface area contributed by atoms with Crippen molar-refractivity contribution in [2.45, 2.75) is 13.8 Å². The zero-order valence-corrected chi connectivity index (χ0v) is 17.1. The Hall–Kier alpha value is -4.06. The maximum absolute atomic E-state index is 13.6. The number of carbonyl (C=O) groups excluding carboxylic acids is 2. The predicted octanol–water partition coefficient (Wildman–Crippen LogP) is 5.50. The Morgan fingerprint density at radius 3 is 2.19 bits per heavy atom. The molecule has 0 aliphatic heterocycles. The molecule has 0 fully saturated rings. The van der Waals surface area contributed by atoms with Crippen LogP contribution in [-0.4, -0.2) is 16.8 Å². The molecule has 1 aromatic heterocycles. The summed E-state index contributed by atoms with van der Waals surface area (Å²) in [4.78, 5) is 29.9. The van der Waals surface area contributed by atoms with E-state index < -0.39 is 5.82 Å². The van der Waals surface area contributed by atoms with Crippen LogP contribution in [0.15, 0.2) is 72.8 Å². The highest BCUT2D eigenvalue weighted by molar-refractivity contribution is 6.13. The third-order valence-corrected chi connectivity index (χ3v) is 5.01. The van der Waals surface area contributed by atoms with Crippen LogP contribution < -0.4 is 10.6 Å². The van der Waals surface area contributed by atoms with Crippen molar-refractivity contribution in [3.63, 3.8) is 0 Å². The van der Waals surface area contributed by atoms with E-state index in [4.69, 9.17) is 0 Å². The molecule has 2 N–H and O–H groups in total. The van der Waals surface area contributed by atoms with Crippen LogP contribution in [-0.2, 0) is 0 Å². The molecule has 0 saturated carbocycles. The van der Waals surface area contributed by atoms with Crippen LogP contribution in [0.2, 0.25) is 0 Å². The van der Waals surface area contributed by atoms with E-state index in [1.54, 1.807) is 61.5 Å². The van der Waals surface area contributed by atoms with Crippen molar-refractivity contribution in [3.8, 4) is 0 Å². The fourth-order valence-corrected chi connectivity index (χ4v) is 3.40. The van der Waals surface area contributed by atoms with Gasteiger partial charge in [-0.15, -0.1) is 0 Å². The molecule has 31 heavy (non-hydrogen) atoms. The number of aromatic nitrogens is 1. The molecule has 2 amide bonds. The largest absolute Gasteiger partial charge is 0.322 e. The van der Waals surface area contributed by atoms with Gasteiger partial charge < -0.3 is 10.6 Å². The van der Waals surface area contributed by atoms with E-state index in [-0.39, 0.29) is 11.8 Å². The van der Waals surface area contributed by atoms with E-state index in [2.05, 4.69) is 15.6 Å². The molecular formula is C25H20FN3O2. The summed E-state index contributed by atoms with van der Waals surface area (Å²) in [6, 6.07) is 20.0. The highest BCUT2D eigenvalue weighted by Crippen LogP contribution is 2.26. The van der Waals surface area contributed by atoms with Gasteiger partial charge in [-0.1, -0.05) is 24.3 Å². The van der Waals surface area contributed by atoms with Crippen LogP contribution in [0, 0.1) is 19.7 Å². The van der Waals surface area contributed by atoms with Gasteiger partial charge in [0, 0.05) is 34.1 Å². The number of carbonyl (C=O) groups is 2. The molecular weight excluding hydrogens is 393 g/mol. The number of pyridine rings is 1. The van der Waals surface area contributed by atoms with Crippen molar-refractivity contribution in [2.24, 2.45) is 0 Å². The summed E-state index contributed by atoms with van der Waals surface area (Å²) in [5.74, 6) is -0.976. The lowest BCUT2D eigenvalue weighted by Crippen LogP contribution is -2.16. The second-order valence-corrected chi connectivity index (χ2v) is 7.23. The summed E-state index contributed by atoms with van der Waals surface area (Å²) in [5.41, 5.74) is 3.88. The zero-order chi connectivity index (χ0) is 22.0. The van der Waals surface area contributed by atoms with Gasteiger partial charge in [0.05, 0.1) is 11.1 Å². The third-order valence-electron chi connectivity index (χ3n) is 5.01. The normalized spacial score (nSPS) is 10.7. The summed E-state index contributed by atoms with van der Waals surface area (Å²) < 4.78 is 13.6. The number of hydrogen-bond acceptors (Lipinski definition) is 3. The topological polar surface area (TPSA) is 71.1 Å². The van der Waals surface area contributed by atoms with Crippen molar-refractivity contribution in [1.29, 1.82) is 0 Å². The Balaban J connectivity index is 1.62. The van der Waals surface area contributed by atoms with Gasteiger partial charge >= 0.3 is 0 Å². The number of anilines is 2. The lowest BCUT2D eigenvalue weighted by atomic mass is 10.1. The quantitative estimate of drug-likeness (QED) is 0.464. The number of amides is 2. The van der Waals surface area contributed by atoms with Crippen molar-refractivity contribution in [1.82, 2.24) is 4.98 Å². The standard InChI is InChI=1S/C25H20FN3O2/c1-15-13-20(19-12-11-18(26)14-23(19)27-15)25(31)29-22-10-6-9-21(16(22)2)28-24(30)17-7-4-3-5-8-17/h3-14H,1-2H3,(H,28,30)(H,29,31). The highest BCUT2D eigenvalue weighted by atomic mass is 19.1. The number of nitrogens with zero attached hydrogens (tertiary/aromatic N) is 1. The summed E-state index contributed by atoms with van der Waals surface area (Å²) >= 11 is 0. The van der Waals surface area contributed by atoms with Crippen LogP contribution in [0.4, 0.5) is 15.8 Å². The van der Waals surface area contributed by atoms with Gasteiger partial charge in [-0.05, 0) is 61.9 Å². The molecule has 4 aromatic rings. The van der Waals surface area contributed by atoms with Gasteiger partial charge in [0.15, 0.2) is 0 Å². The molecule has 6 heteroatoms. The average Bonchev–Trinajstić information content (AvgIpc) is 2.76. The first kappa shape index (κ1) is 20.2. The molecule has 0 unspecified atom stereocenters. The Morgan fingerprint density at radius 2 is 1.48 bits per heavy atom. The Kier molecular flexibility index (Phi) is 5.45. The van der Waals surface area contributed by atoms with Gasteiger partial charge in [-0.25, -0.2) is 4.39 Å². The minimum Gasteiger partial charge on any atom is -0.322 e. The second kappa shape index (κ2) is 8.36. The Bertz CT molecular complexity index is 1300. The van der Waals surface area contributed by atoms with Gasteiger partial charge in [0.1, 0.15) is 5.82 Å². The molecule has 0 bridgehead atoms. The maximum atomic E-state index is 13.6. The van der Waals surface area contributed by atoms with Crippen molar-refractivity contribution < 1.29 is 14.0 Å². The minimum atomic E-state index is -0.408. The lowest BCUT2D eigenvalue weighted by molar-refractivity contribution is 0.102. The maximum Gasteiger partial charge on any atom is 0.256 e. The zero-order valence-electron chi connectivity index (χ0n) is 17.1. The van der Waals surface area contributed by atoms with Crippen LogP contribution in [0.1, 0.15) is 32.0 Å². The number of aryl methyl sites for hydroxylation is 1. The molecule has 5 nitrogen and oxygen atoms in total. The number of hydrogen-bond donors (Lipinski definition) is 2. The number of rotatable bonds is 4. The molecule has 0 radical (unpaired) electrons. The Labute approximate surface area is 178 Å². The summed E-state index contributed by atoms with van der Waals surface area (Å²) in [6.07, 6.45) is 0. The molecule has 0 saturated heterocycles. The van der Waals surface area contributed by atoms with Gasteiger partial charge in [-0.2, -0.15) is 0 Å². The number of nitrogens with one attached hydrogen (secondary N) is 2. The molecule has 4 rings (SSSR count). The summed E-state index contributed by atoms with van der Waals surface area (Å²) in [5, 5.41) is 6.35. The van der Waals surface area contributed by atoms with E-state index in [0.29, 0.717) is 39.1 Å². The molecule has 1 heterocycles. The number of fused-ring (bicyclic) bond motifs is 1. The molecule has 0 aliphatic carbocycles. The second-order valence-electron chi connectivity index (χ2n) is 7.23. The van der Waals surface area contributed by atoms with Gasteiger partial charge in [0.2, 0.25) is 0 Å². The van der Waals surface area contributed by atoms with E-state index >= 15 is 0 Å². The van der Waals surface area contributed by atoms with Gasteiger partial charge in [0.25, 0.3) is 11.8 Å². The number of benzene rings is 3. The smallest absolute Gasteiger partial charge is 0.256 e. The first-order valence-corrected chi connectivity index (χ1v) is 9.76. The van der Waals surface area contributed by atoms with Gasteiger partial charge in [-0.3, -0.25) is 14.6 Å². The molecule has 0 aliphatic rings. The van der Waals surface area contributed by atoms with E-state index in [9.17, 15) is 14.0 Å². The lowest BCUT2D eigenvalue weighted by Gasteiger charge is -2.14. The highest BCUT2D eigenvalue weighted by Gasteiger charge is 2.15. The minimum absolute atomic E-state index is 0.232. The van der Waals surface area contributed by atoms with E-state index in [1.807, 2.05) is 13.0 Å². The fraction of sp³-hybridized carbons (Fsp3) is 0.0800. The van der Waals surface area contributed by atoms with E-state index in [0.717, 1.165) is 5.56 Å². The van der Waals surface area contributed by atoms with Crippen LogP contribution in [0.5, 0.6) is 0 Å². The predicted molar refractivity (Wildman–Crippen MR) is 120 cm³/mol. The average molecular weight is 413 g/mol. The SMILES string of the molecule is Cc1cc(C(=O)Nc2cccc(NC(=O)c3ccccc3)c2C)c2ccc(F)cc2n1. The molecule has 0 spiro atoms. The summed E-state index contributed by atoms with van der Waals surface area (Å²) in [6.45, 7) is 3.58. The van der Waals surface area contributed by atoms with Crippen LogP contribution in [0.25, 0.3) is 10.9 Å². The fourth-order valence-electron chi connectivity index (χ4n) is 3.40. The van der Waals surface area contributed by atoms with Crippen molar-refractivity contribution in [2.75, 3.05) is 10.6 Å². The van der Waals surface area contributed by atoms with Crippen molar-refractivity contribution >= 4 is 34.1 Å². The monoisotopic (exact) mass is 413 g/mol. The first-order valence-electron chi connectivity index (χ1n) is 9.76. The molecule has 0 atom stereocenters. The third kappa shape index (κ3) is 4.28.